The molecule has 0 unspecified atom stereocenters. The molecule has 5 heteroatoms. The summed E-state index contributed by atoms with van der Waals surface area (Å²) in [7, 11) is 3.76. The molecular formula is C18H22N2O3. The summed E-state index contributed by atoms with van der Waals surface area (Å²) in [5.41, 5.74) is 2.94. The van der Waals surface area contributed by atoms with E-state index in [1.165, 1.54) is 6.92 Å². The van der Waals surface area contributed by atoms with Gasteiger partial charge in [0.05, 0.1) is 0 Å². The van der Waals surface area contributed by atoms with E-state index in [4.69, 9.17) is 4.74 Å². The lowest BCUT2D eigenvalue weighted by Gasteiger charge is -2.14. The molecule has 23 heavy (non-hydrogen) atoms. The van der Waals surface area contributed by atoms with Crippen molar-refractivity contribution in [2.24, 2.45) is 7.05 Å². The first kappa shape index (κ1) is 16.8. The minimum atomic E-state index is -0.360. The maximum absolute atomic E-state index is 11.4. The number of nitrogens with zero attached hydrogens (tertiary/aromatic N) is 2. The Morgan fingerprint density at radius 3 is 2.61 bits per heavy atom. The highest BCUT2D eigenvalue weighted by atomic mass is 16.5. The van der Waals surface area contributed by atoms with Gasteiger partial charge in [0, 0.05) is 57.2 Å². The lowest BCUT2D eigenvalue weighted by Crippen LogP contribution is -2.26. The van der Waals surface area contributed by atoms with Crippen LogP contribution in [0.25, 0.3) is 17.0 Å². The molecule has 0 fully saturated rings. The summed E-state index contributed by atoms with van der Waals surface area (Å²) in [5.74, 6) is 0.184. The number of carbonyl (C=O) groups is 2. The van der Waals surface area contributed by atoms with Crippen molar-refractivity contribution in [2.45, 2.75) is 20.3 Å². The lowest BCUT2D eigenvalue weighted by molar-refractivity contribution is -0.132. The fraction of sp³-hybridized carbons (Fsp3) is 0.333. The molecule has 0 saturated carbocycles. The van der Waals surface area contributed by atoms with E-state index < -0.39 is 0 Å². The molecule has 1 amide bonds. The number of carbonyl (C=O) groups excluding carboxylic acids is 2. The summed E-state index contributed by atoms with van der Waals surface area (Å²) in [6.07, 6.45) is 4.47. The molecule has 0 bridgehead atoms. The Bertz CT molecular complexity index is 774. The Balaban J connectivity index is 2.50. The van der Waals surface area contributed by atoms with Crippen molar-refractivity contribution in [3.05, 3.63) is 36.0 Å². The molecular weight excluding hydrogens is 292 g/mol. The quantitative estimate of drug-likeness (QED) is 0.630. The molecule has 122 valence electrons. The van der Waals surface area contributed by atoms with Crippen LogP contribution < -0.4 is 4.74 Å². The number of hydrogen-bond donors (Lipinski definition) is 0. The molecule has 2 aromatic rings. The Morgan fingerprint density at radius 1 is 1.35 bits per heavy atom. The molecule has 0 atom stereocenters. The van der Waals surface area contributed by atoms with Crippen molar-refractivity contribution in [2.75, 3.05) is 13.6 Å². The van der Waals surface area contributed by atoms with Gasteiger partial charge in [-0.15, -0.1) is 0 Å². The molecule has 0 saturated heterocycles. The maximum atomic E-state index is 11.4. The third-order valence-electron chi connectivity index (χ3n) is 3.95. The molecule has 0 N–H and O–H groups in total. The van der Waals surface area contributed by atoms with Crippen LogP contribution in [0.1, 0.15) is 25.0 Å². The van der Waals surface area contributed by atoms with Crippen LogP contribution in [-0.2, 0) is 23.1 Å². The van der Waals surface area contributed by atoms with Crippen LogP contribution >= 0.6 is 0 Å². The topological polar surface area (TPSA) is 51.5 Å². The van der Waals surface area contributed by atoms with E-state index in [1.807, 2.05) is 23.9 Å². The third kappa shape index (κ3) is 3.44. The first-order valence-corrected chi connectivity index (χ1v) is 7.48. The van der Waals surface area contributed by atoms with Crippen LogP contribution in [0.15, 0.2) is 24.9 Å². The van der Waals surface area contributed by atoms with Crippen molar-refractivity contribution >= 4 is 28.9 Å². The number of aromatic nitrogens is 1. The second kappa shape index (κ2) is 6.69. The Kier molecular flexibility index (Phi) is 4.89. The van der Waals surface area contributed by atoms with Gasteiger partial charge in [-0.3, -0.25) is 9.59 Å². The summed E-state index contributed by atoms with van der Waals surface area (Å²) in [5, 5.41) is 1.01. The van der Waals surface area contributed by atoms with Crippen LogP contribution in [0, 0.1) is 0 Å². The number of aryl methyl sites for hydroxylation is 1. The van der Waals surface area contributed by atoms with Crippen LogP contribution in [-0.4, -0.2) is 34.9 Å². The number of benzene rings is 1. The Morgan fingerprint density at radius 2 is 2.04 bits per heavy atom. The summed E-state index contributed by atoms with van der Waals surface area (Å²) in [6, 6.07) is 3.71. The standard InChI is InChI=1S/C18H22N2O3/c1-6-15-17(23-13(3)22)8-7-16-18(15)14(11-20(16)5)9-10-19(4)12(2)21/h6-8,11H,1,9-10H2,2-5H3. The SMILES string of the molecule is C=Cc1c(OC(C)=O)ccc2c1c(CCN(C)C(C)=O)cn2C. The Labute approximate surface area is 136 Å². The van der Waals surface area contributed by atoms with Gasteiger partial charge in [-0.05, 0) is 24.1 Å². The van der Waals surface area contributed by atoms with E-state index in [0.717, 1.165) is 28.5 Å². The zero-order valence-corrected chi connectivity index (χ0v) is 14.0. The van der Waals surface area contributed by atoms with E-state index in [0.29, 0.717) is 12.3 Å². The van der Waals surface area contributed by atoms with Gasteiger partial charge in [0.15, 0.2) is 0 Å². The van der Waals surface area contributed by atoms with E-state index in [2.05, 4.69) is 6.58 Å². The summed E-state index contributed by atoms with van der Waals surface area (Å²) < 4.78 is 7.32. The molecule has 1 aromatic carbocycles. The lowest BCUT2D eigenvalue weighted by atomic mass is 10.0. The first-order valence-electron chi connectivity index (χ1n) is 7.48. The van der Waals surface area contributed by atoms with Crippen LogP contribution in [0.5, 0.6) is 5.75 Å². The highest BCUT2D eigenvalue weighted by Gasteiger charge is 2.15. The zero-order chi connectivity index (χ0) is 17.1. The molecule has 0 aliphatic rings. The van der Waals surface area contributed by atoms with Gasteiger partial charge < -0.3 is 14.2 Å². The van der Waals surface area contributed by atoms with Crippen molar-refractivity contribution in [1.29, 1.82) is 0 Å². The van der Waals surface area contributed by atoms with Crippen molar-refractivity contribution in [3.8, 4) is 5.75 Å². The highest BCUT2D eigenvalue weighted by Crippen LogP contribution is 2.33. The van der Waals surface area contributed by atoms with Gasteiger partial charge >= 0.3 is 5.97 Å². The van der Waals surface area contributed by atoms with Crippen LogP contribution in [0.4, 0.5) is 0 Å². The molecule has 1 heterocycles. The smallest absolute Gasteiger partial charge is 0.308 e. The van der Waals surface area contributed by atoms with E-state index in [9.17, 15) is 9.59 Å². The van der Waals surface area contributed by atoms with Gasteiger partial charge in [-0.25, -0.2) is 0 Å². The van der Waals surface area contributed by atoms with Gasteiger partial charge in [-0.1, -0.05) is 12.7 Å². The van der Waals surface area contributed by atoms with Crippen LogP contribution in [0.3, 0.4) is 0 Å². The van der Waals surface area contributed by atoms with Gasteiger partial charge in [-0.2, -0.15) is 0 Å². The number of likely N-dealkylation sites (N-methyl/N-ethyl adjacent to an activating group) is 1. The monoisotopic (exact) mass is 314 g/mol. The summed E-state index contributed by atoms with van der Waals surface area (Å²) in [4.78, 5) is 24.4. The predicted molar refractivity (Wildman–Crippen MR) is 91.3 cm³/mol. The van der Waals surface area contributed by atoms with Crippen molar-refractivity contribution in [3.63, 3.8) is 0 Å². The summed E-state index contributed by atoms with van der Waals surface area (Å²) in [6.45, 7) is 7.42. The largest absolute Gasteiger partial charge is 0.426 e. The van der Waals surface area contributed by atoms with E-state index in [-0.39, 0.29) is 11.9 Å². The number of hydrogen-bond acceptors (Lipinski definition) is 3. The number of amides is 1. The number of fused-ring (bicyclic) bond motifs is 1. The maximum Gasteiger partial charge on any atom is 0.308 e. The molecule has 1 aromatic heterocycles. The van der Waals surface area contributed by atoms with Gasteiger partial charge in [0.1, 0.15) is 5.75 Å². The van der Waals surface area contributed by atoms with Crippen LogP contribution in [0.2, 0.25) is 0 Å². The van der Waals surface area contributed by atoms with Crippen molar-refractivity contribution < 1.29 is 14.3 Å². The molecule has 0 radical (unpaired) electrons. The second-order valence-electron chi connectivity index (χ2n) is 5.63. The molecule has 0 aliphatic carbocycles. The number of ether oxygens (including phenoxy) is 1. The molecule has 5 nitrogen and oxygen atoms in total. The molecule has 0 aliphatic heterocycles. The van der Waals surface area contributed by atoms with Gasteiger partial charge in [0.25, 0.3) is 0 Å². The second-order valence-corrected chi connectivity index (χ2v) is 5.63. The minimum absolute atomic E-state index is 0.0368. The van der Waals surface area contributed by atoms with Gasteiger partial charge in [0.2, 0.25) is 5.91 Å². The fourth-order valence-corrected chi connectivity index (χ4v) is 2.67. The normalized spacial score (nSPS) is 10.6. The fourth-order valence-electron chi connectivity index (χ4n) is 2.67. The minimum Gasteiger partial charge on any atom is -0.426 e. The predicted octanol–water partition coefficient (Wildman–Crippen LogP) is 2.77. The third-order valence-corrected chi connectivity index (χ3v) is 3.95. The first-order chi connectivity index (χ1) is 10.8. The Hall–Kier alpha value is -2.56. The van der Waals surface area contributed by atoms with E-state index in [1.54, 1.807) is 31.0 Å². The zero-order valence-electron chi connectivity index (χ0n) is 14.0. The van der Waals surface area contributed by atoms with Crippen molar-refractivity contribution in [1.82, 2.24) is 9.47 Å². The molecule has 2 rings (SSSR count). The average molecular weight is 314 g/mol. The highest BCUT2D eigenvalue weighted by molar-refractivity contribution is 5.95. The van der Waals surface area contributed by atoms with E-state index >= 15 is 0 Å². The molecule has 0 spiro atoms. The average Bonchev–Trinajstić information content (AvgIpc) is 2.80. The number of rotatable bonds is 5. The summed E-state index contributed by atoms with van der Waals surface area (Å²) >= 11 is 0. The number of esters is 1.